The Morgan fingerprint density at radius 3 is 3.15 bits per heavy atom. The second-order valence-corrected chi connectivity index (χ2v) is 3.22. The van der Waals surface area contributed by atoms with E-state index in [9.17, 15) is 9.90 Å². The maximum Gasteiger partial charge on any atom is 0.0458 e. The average molecular weight is 176 g/mol. The molecule has 1 aromatic carbocycles. The molecule has 3 nitrogen and oxygen atoms in total. The van der Waals surface area contributed by atoms with Crippen LogP contribution in [-0.4, -0.2) is 12.5 Å². The Labute approximate surface area is 76.4 Å². The number of carbonyl (C=O) groups excluding carboxylic acids is 1. The topological polar surface area (TPSA) is 52.2 Å². The van der Waals surface area contributed by atoms with Gasteiger partial charge >= 0.3 is 0 Å². The Morgan fingerprint density at radius 2 is 2.38 bits per heavy atom. The lowest BCUT2D eigenvalue weighted by Crippen LogP contribution is -2.24. The largest absolute Gasteiger partial charge is 0.550 e. The number of anilines is 1. The number of fused-ring (bicyclic) bond motifs is 1. The van der Waals surface area contributed by atoms with Crippen LogP contribution in [0.4, 0.5) is 5.69 Å². The van der Waals surface area contributed by atoms with E-state index in [2.05, 4.69) is 5.32 Å². The molecule has 0 saturated carbocycles. The molecule has 0 fully saturated rings. The van der Waals surface area contributed by atoms with Crippen molar-refractivity contribution in [3.63, 3.8) is 0 Å². The zero-order chi connectivity index (χ0) is 9.26. The molecule has 0 spiro atoms. The van der Waals surface area contributed by atoms with Gasteiger partial charge in [-0.15, -0.1) is 0 Å². The SMILES string of the molecule is O=C([O-])Cc1ccc2c(c1)CCN2. The number of benzene rings is 1. The van der Waals surface area contributed by atoms with E-state index >= 15 is 0 Å². The fourth-order valence-corrected chi connectivity index (χ4v) is 1.63. The molecular formula is C10H10NO2-. The van der Waals surface area contributed by atoms with Gasteiger partial charge in [-0.1, -0.05) is 12.1 Å². The normalized spacial score (nSPS) is 13.5. The molecule has 0 saturated heterocycles. The van der Waals surface area contributed by atoms with Crippen molar-refractivity contribution in [2.24, 2.45) is 0 Å². The van der Waals surface area contributed by atoms with Crippen LogP contribution in [-0.2, 0) is 17.6 Å². The minimum Gasteiger partial charge on any atom is -0.550 e. The van der Waals surface area contributed by atoms with Gasteiger partial charge in [0.2, 0.25) is 0 Å². The molecule has 0 bridgehead atoms. The molecule has 13 heavy (non-hydrogen) atoms. The minimum atomic E-state index is -1.02. The van der Waals surface area contributed by atoms with Crippen LogP contribution in [0.3, 0.4) is 0 Å². The maximum absolute atomic E-state index is 10.3. The Morgan fingerprint density at radius 1 is 1.54 bits per heavy atom. The predicted octanol–water partition coefficient (Wildman–Crippen LogP) is -0.0530. The lowest BCUT2D eigenvalue weighted by Gasteiger charge is -2.04. The van der Waals surface area contributed by atoms with E-state index in [1.54, 1.807) is 0 Å². The van der Waals surface area contributed by atoms with Crippen molar-refractivity contribution in [2.75, 3.05) is 11.9 Å². The second-order valence-electron chi connectivity index (χ2n) is 3.22. The molecule has 0 aliphatic carbocycles. The predicted molar refractivity (Wildman–Crippen MR) is 47.3 cm³/mol. The van der Waals surface area contributed by atoms with E-state index in [0.717, 1.165) is 24.2 Å². The molecule has 0 atom stereocenters. The molecule has 1 aliphatic rings. The highest BCUT2D eigenvalue weighted by molar-refractivity contribution is 5.69. The van der Waals surface area contributed by atoms with Crippen LogP contribution in [0.25, 0.3) is 0 Å². The summed E-state index contributed by atoms with van der Waals surface area (Å²) in [6, 6.07) is 5.69. The van der Waals surface area contributed by atoms with Crippen molar-refractivity contribution in [3.8, 4) is 0 Å². The fraction of sp³-hybridized carbons (Fsp3) is 0.300. The molecular weight excluding hydrogens is 166 g/mol. The van der Waals surface area contributed by atoms with Crippen LogP contribution in [0.2, 0.25) is 0 Å². The summed E-state index contributed by atoms with van der Waals surface area (Å²) in [5, 5.41) is 13.6. The molecule has 0 radical (unpaired) electrons. The molecule has 1 N–H and O–H groups in total. The Hall–Kier alpha value is -1.51. The van der Waals surface area contributed by atoms with Gasteiger partial charge in [0, 0.05) is 24.6 Å². The third-order valence-corrected chi connectivity index (χ3v) is 2.23. The van der Waals surface area contributed by atoms with Crippen LogP contribution >= 0.6 is 0 Å². The van der Waals surface area contributed by atoms with Crippen LogP contribution < -0.4 is 10.4 Å². The molecule has 2 rings (SSSR count). The first-order valence-corrected chi connectivity index (χ1v) is 4.31. The van der Waals surface area contributed by atoms with Crippen molar-refractivity contribution >= 4 is 11.7 Å². The summed E-state index contributed by atoms with van der Waals surface area (Å²) in [6.45, 7) is 0.949. The fourth-order valence-electron chi connectivity index (χ4n) is 1.63. The van der Waals surface area contributed by atoms with Gasteiger partial charge in [0.15, 0.2) is 0 Å². The number of hydrogen-bond acceptors (Lipinski definition) is 3. The van der Waals surface area contributed by atoms with Crippen LogP contribution in [0.15, 0.2) is 18.2 Å². The van der Waals surface area contributed by atoms with E-state index in [-0.39, 0.29) is 6.42 Å². The summed E-state index contributed by atoms with van der Waals surface area (Å²) in [5.41, 5.74) is 3.16. The summed E-state index contributed by atoms with van der Waals surface area (Å²) in [4.78, 5) is 10.3. The average Bonchev–Trinajstić information content (AvgIpc) is 2.49. The first-order chi connectivity index (χ1) is 6.25. The molecule has 0 aromatic heterocycles. The number of nitrogens with one attached hydrogen (secondary N) is 1. The van der Waals surface area contributed by atoms with Gasteiger partial charge in [-0.05, 0) is 23.6 Å². The smallest absolute Gasteiger partial charge is 0.0458 e. The van der Waals surface area contributed by atoms with E-state index in [1.165, 1.54) is 5.56 Å². The molecule has 0 unspecified atom stereocenters. The third kappa shape index (κ3) is 1.64. The minimum absolute atomic E-state index is 0.00722. The number of rotatable bonds is 2. The van der Waals surface area contributed by atoms with Gasteiger partial charge in [0.25, 0.3) is 0 Å². The number of carbonyl (C=O) groups is 1. The van der Waals surface area contributed by atoms with Crippen molar-refractivity contribution in [1.29, 1.82) is 0 Å². The summed E-state index contributed by atoms with van der Waals surface area (Å²) < 4.78 is 0. The van der Waals surface area contributed by atoms with E-state index < -0.39 is 5.97 Å². The quantitative estimate of drug-likeness (QED) is 0.687. The highest BCUT2D eigenvalue weighted by Crippen LogP contribution is 2.22. The van der Waals surface area contributed by atoms with E-state index in [4.69, 9.17) is 0 Å². The van der Waals surface area contributed by atoms with Gasteiger partial charge in [-0.25, -0.2) is 0 Å². The van der Waals surface area contributed by atoms with Crippen molar-refractivity contribution < 1.29 is 9.90 Å². The van der Waals surface area contributed by atoms with Crippen molar-refractivity contribution in [3.05, 3.63) is 29.3 Å². The first-order valence-electron chi connectivity index (χ1n) is 4.31. The second kappa shape index (κ2) is 3.09. The van der Waals surface area contributed by atoms with Gasteiger partial charge in [0.05, 0.1) is 0 Å². The van der Waals surface area contributed by atoms with Crippen LogP contribution in [0.5, 0.6) is 0 Å². The zero-order valence-electron chi connectivity index (χ0n) is 7.17. The van der Waals surface area contributed by atoms with Crippen LogP contribution in [0.1, 0.15) is 11.1 Å². The number of hydrogen-bond donors (Lipinski definition) is 1. The van der Waals surface area contributed by atoms with Gasteiger partial charge < -0.3 is 15.2 Å². The molecule has 1 aromatic rings. The van der Waals surface area contributed by atoms with E-state index in [1.807, 2.05) is 18.2 Å². The van der Waals surface area contributed by atoms with Crippen molar-refractivity contribution in [2.45, 2.75) is 12.8 Å². The highest BCUT2D eigenvalue weighted by Gasteiger charge is 2.09. The Bertz CT molecular complexity index is 347. The first kappa shape index (κ1) is 8.10. The third-order valence-electron chi connectivity index (χ3n) is 2.23. The lowest BCUT2D eigenvalue weighted by molar-refractivity contribution is -0.304. The molecule has 3 heteroatoms. The zero-order valence-corrected chi connectivity index (χ0v) is 7.17. The maximum atomic E-state index is 10.3. The summed E-state index contributed by atoms with van der Waals surface area (Å²) in [6.07, 6.45) is 0.990. The lowest BCUT2D eigenvalue weighted by atomic mass is 10.1. The van der Waals surface area contributed by atoms with Crippen LogP contribution in [0, 0.1) is 0 Å². The molecule has 68 valence electrons. The Balaban J connectivity index is 2.25. The summed E-state index contributed by atoms with van der Waals surface area (Å²) in [5.74, 6) is -1.02. The summed E-state index contributed by atoms with van der Waals surface area (Å²) >= 11 is 0. The standard InChI is InChI=1S/C10H11NO2/c12-10(13)6-7-1-2-9-8(5-7)3-4-11-9/h1-2,5,11H,3-4,6H2,(H,12,13)/p-1. The molecule has 1 aliphatic heterocycles. The van der Waals surface area contributed by atoms with Gasteiger partial charge in [-0.3, -0.25) is 0 Å². The van der Waals surface area contributed by atoms with Gasteiger partial charge in [-0.2, -0.15) is 0 Å². The highest BCUT2D eigenvalue weighted by atomic mass is 16.4. The molecule has 1 heterocycles. The van der Waals surface area contributed by atoms with Gasteiger partial charge in [0.1, 0.15) is 0 Å². The van der Waals surface area contributed by atoms with Crippen molar-refractivity contribution in [1.82, 2.24) is 0 Å². The number of aliphatic carboxylic acids is 1. The number of carboxylic acids is 1. The summed E-state index contributed by atoms with van der Waals surface area (Å²) in [7, 11) is 0. The monoisotopic (exact) mass is 176 g/mol. The Kier molecular flexibility index (Phi) is 1.93. The number of carboxylic acid groups (broad SMARTS) is 1. The van der Waals surface area contributed by atoms with E-state index in [0.29, 0.717) is 0 Å². The molecule has 0 amide bonds.